The Morgan fingerprint density at radius 3 is 1.59 bits per heavy atom. The van der Waals surface area contributed by atoms with E-state index in [0.717, 1.165) is 0 Å². The number of hydrogen-bond acceptors (Lipinski definition) is 2. The molecule has 0 N–H and O–H groups in total. The van der Waals surface area contributed by atoms with E-state index in [1.807, 2.05) is 0 Å². The largest absolute Gasteiger partial charge is 0.482 e. The van der Waals surface area contributed by atoms with Crippen molar-refractivity contribution in [1.82, 2.24) is 0 Å². The van der Waals surface area contributed by atoms with Gasteiger partial charge in [-0.2, -0.15) is 39.5 Å². The van der Waals surface area contributed by atoms with Crippen LogP contribution in [-0.4, -0.2) is 55.6 Å². The lowest BCUT2D eigenvalue weighted by Gasteiger charge is -2.30. The Labute approximate surface area is 139 Å². The number of hydrogen-bond donors (Lipinski definition) is 0. The molecule has 27 heavy (non-hydrogen) atoms. The molecule has 160 valence electrons. The minimum absolute atomic E-state index is 2.83. The third-order valence-electron chi connectivity index (χ3n) is 3.08. The molecule has 0 amide bonds. The first kappa shape index (κ1) is 23.6. The SMILES string of the molecule is FC1=C(OCC(F)(F)C(F)F)C(F)(F)C(F)(F)C1(F)OCC(F)(F)C(F)F. The summed E-state index contributed by atoms with van der Waals surface area (Å²) < 4.78 is 185. The molecule has 0 radical (unpaired) electrons. The van der Waals surface area contributed by atoms with Gasteiger partial charge in [-0.3, -0.25) is 0 Å². The van der Waals surface area contributed by atoms with Crippen LogP contribution in [0.1, 0.15) is 0 Å². The first-order valence-corrected chi connectivity index (χ1v) is 6.28. The van der Waals surface area contributed by atoms with Crippen LogP contribution in [0.5, 0.6) is 0 Å². The normalized spacial score (nSPS) is 25.6. The van der Waals surface area contributed by atoms with Crippen molar-refractivity contribution in [3.05, 3.63) is 11.6 Å². The summed E-state index contributed by atoms with van der Waals surface area (Å²) in [6.07, 6.45) is -9.25. The van der Waals surface area contributed by atoms with Gasteiger partial charge in [-0.15, -0.1) is 0 Å². The molecule has 1 rings (SSSR count). The number of ether oxygens (including phenoxy) is 2. The van der Waals surface area contributed by atoms with Crippen molar-refractivity contribution in [1.29, 1.82) is 0 Å². The van der Waals surface area contributed by atoms with Crippen molar-refractivity contribution in [3.8, 4) is 0 Å². The first-order valence-electron chi connectivity index (χ1n) is 6.28. The topological polar surface area (TPSA) is 18.5 Å². The maximum atomic E-state index is 13.9. The summed E-state index contributed by atoms with van der Waals surface area (Å²) in [5, 5.41) is 0. The van der Waals surface area contributed by atoms with Crippen molar-refractivity contribution >= 4 is 0 Å². The third kappa shape index (κ3) is 3.76. The molecule has 0 saturated carbocycles. The van der Waals surface area contributed by atoms with Gasteiger partial charge in [-0.25, -0.2) is 22.0 Å². The predicted molar refractivity (Wildman–Crippen MR) is 55.7 cm³/mol. The summed E-state index contributed by atoms with van der Waals surface area (Å²) >= 11 is 0. The Hall–Kier alpha value is -1.48. The van der Waals surface area contributed by atoms with Crippen LogP contribution in [0, 0.1) is 0 Å². The molecule has 0 aliphatic heterocycles. The Balaban J connectivity index is 3.23. The lowest BCUT2D eigenvalue weighted by atomic mass is 10.1. The van der Waals surface area contributed by atoms with E-state index in [2.05, 4.69) is 9.47 Å². The molecule has 1 atom stereocenters. The number of halogens is 14. The smallest absolute Gasteiger partial charge is 0.382 e. The second-order valence-corrected chi connectivity index (χ2v) is 5.09. The van der Waals surface area contributed by atoms with Crippen molar-refractivity contribution < 1.29 is 70.9 Å². The zero-order chi connectivity index (χ0) is 21.6. The molecular weight excluding hydrogens is 430 g/mol. The van der Waals surface area contributed by atoms with Gasteiger partial charge in [0.1, 0.15) is 6.61 Å². The van der Waals surface area contributed by atoms with E-state index in [4.69, 9.17) is 0 Å². The lowest BCUT2D eigenvalue weighted by molar-refractivity contribution is -0.329. The quantitative estimate of drug-likeness (QED) is 0.502. The van der Waals surface area contributed by atoms with Crippen molar-refractivity contribution in [3.63, 3.8) is 0 Å². The maximum Gasteiger partial charge on any atom is 0.382 e. The maximum absolute atomic E-state index is 13.9. The summed E-state index contributed by atoms with van der Waals surface area (Å²) in [5.74, 6) is -35.9. The monoisotopic (exact) mass is 436 g/mol. The van der Waals surface area contributed by atoms with Crippen molar-refractivity contribution in [2.24, 2.45) is 0 Å². The van der Waals surface area contributed by atoms with E-state index >= 15 is 0 Å². The first-order chi connectivity index (χ1) is 11.8. The zero-order valence-corrected chi connectivity index (χ0v) is 12.2. The predicted octanol–water partition coefficient (Wildman–Crippen LogP) is 4.95. The van der Waals surface area contributed by atoms with Gasteiger partial charge >= 0.3 is 42.4 Å². The molecule has 0 aromatic carbocycles. The van der Waals surface area contributed by atoms with Crippen LogP contribution in [0.4, 0.5) is 61.5 Å². The minimum Gasteiger partial charge on any atom is -0.482 e. The second kappa shape index (κ2) is 6.84. The molecule has 0 aromatic rings. The van der Waals surface area contributed by atoms with Gasteiger partial charge in [0.25, 0.3) is 0 Å². The van der Waals surface area contributed by atoms with Crippen LogP contribution in [0.25, 0.3) is 0 Å². The Morgan fingerprint density at radius 2 is 1.19 bits per heavy atom. The van der Waals surface area contributed by atoms with Crippen LogP contribution in [0.15, 0.2) is 11.6 Å². The van der Waals surface area contributed by atoms with Gasteiger partial charge in [0.15, 0.2) is 6.61 Å². The van der Waals surface area contributed by atoms with E-state index in [1.165, 1.54) is 0 Å². The van der Waals surface area contributed by atoms with Gasteiger partial charge in [0, 0.05) is 0 Å². The summed E-state index contributed by atoms with van der Waals surface area (Å²) in [5.41, 5.74) is 0. The van der Waals surface area contributed by atoms with Gasteiger partial charge in [-0.1, -0.05) is 0 Å². The van der Waals surface area contributed by atoms with Gasteiger partial charge in [-0.05, 0) is 0 Å². The van der Waals surface area contributed by atoms with Gasteiger partial charge in [0.05, 0.1) is 0 Å². The minimum atomic E-state index is -6.45. The number of allylic oxidation sites excluding steroid dienone is 1. The Bertz CT molecular complexity index is 586. The summed E-state index contributed by atoms with van der Waals surface area (Å²) in [6, 6.07) is 0. The highest BCUT2D eigenvalue weighted by Crippen LogP contribution is 2.60. The van der Waals surface area contributed by atoms with Crippen LogP contribution in [0.2, 0.25) is 0 Å². The second-order valence-electron chi connectivity index (χ2n) is 5.09. The third-order valence-corrected chi connectivity index (χ3v) is 3.08. The van der Waals surface area contributed by atoms with Crippen LogP contribution in [0.3, 0.4) is 0 Å². The molecule has 0 fully saturated rings. The highest BCUT2D eigenvalue weighted by molar-refractivity contribution is 5.34. The van der Waals surface area contributed by atoms with Crippen molar-refractivity contribution in [2.45, 2.75) is 42.4 Å². The fraction of sp³-hybridized carbons (Fsp3) is 0.818. The molecule has 2 nitrogen and oxygen atoms in total. The molecule has 1 aliphatic carbocycles. The fourth-order valence-electron chi connectivity index (χ4n) is 1.56. The molecule has 16 heteroatoms. The number of alkyl halides is 13. The zero-order valence-electron chi connectivity index (χ0n) is 12.2. The van der Waals surface area contributed by atoms with E-state index < -0.39 is 67.2 Å². The van der Waals surface area contributed by atoms with E-state index in [-0.39, 0.29) is 0 Å². The average molecular weight is 436 g/mol. The summed E-state index contributed by atoms with van der Waals surface area (Å²) in [4.78, 5) is 0. The van der Waals surface area contributed by atoms with Crippen LogP contribution < -0.4 is 0 Å². The van der Waals surface area contributed by atoms with Crippen molar-refractivity contribution in [2.75, 3.05) is 13.2 Å². The van der Waals surface area contributed by atoms with E-state index in [0.29, 0.717) is 0 Å². The standard InChI is InChI=1S/C11H6F14O2/c12-3-4(26-1-7(17,18)5(13)14)9(21,22)11(24,25)10(3,23)27-2-8(19,20)6(15)16/h5-6H,1-2H2. The molecule has 1 unspecified atom stereocenters. The van der Waals surface area contributed by atoms with Gasteiger partial charge in [0.2, 0.25) is 11.6 Å². The van der Waals surface area contributed by atoms with Gasteiger partial charge < -0.3 is 9.47 Å². The molecule has 0 saturated heterocycles. The molecule has 0 heterocycles. The van der Waals surface area contributed by atoms with E-state index in [1.54, 1.807) is 0 Å². The Morgan fingerprint density at radius 1 is 0.778 bits per heavy atom. The summed E-state index contributed by atoms with van der Waals surface area (Å²) in [7, 11) is 0. The fourth-order valence-corrected chi connectivity index (χ4v) is 1.56. The van der Waals surface area contributed by atoms with E-state index in [9.17, 15) is 61.5 Å². The van der Waals surface area contributed by atoms with Crippen LogP contribution in [-0.2, 0) is 9.47 Å². The Kier molecular flexibility index (Phi) is 5.97. The average Bonchev–Trinajstić information content (AvgIpc) is 2.60. The molecule has 0 spiro atoms. The highest BCUT2D eigenvalue weighted by atomic mass is 19.3. The molecule has 0 aromatic heterocycles. The molecular formula is C11H6F14O2. The number of rotatable bonds is 8. The molecule has 0 bridgehead atoms. The molecule has 1 aliphatic rings. The summed E-state index contributed by atoms with van der Waals surface area (Å²) in [6.45, 7) is -5.86. The lowest BCUT2D eigenvalue weighted by Crippen LogP contribution is -2.54. The van der Waals surface area contributed by atoms with Crippen LogP contribution >= 0.6 is 0 Å². The highest BCUT2D eigenvalue weighted by Gasteiger charge is 2.83.